The third-order valence-electron chi connectivity index (χ3n) is 5.16. The topological polar surface area (TPSA) is 105 Å². The second-order valence-corrected chi connectivity index (χ2v) is 7.30. The number of amides is 2. The largest absolute Gasteiger partial charge is 0.372 e. The van der Waals surface area contributed by atoms with Crippen molar-refractivity contribution >= 4 is 28.9 Å². The van der Waals surface area contributed by atoms with Gasteiger partial charge in [-0.3, -0.25) is 19.7 Å². The average Bonchev–Trinajstić information content (AvgIpc) is 3.04. The monoisotopic (exact) mass is 410 g/mol. The van der Waals surface area contributed by atoms with E-state index in [0.29, 0.717) is 13.0 Å². The number of hydrogen-bond acceptors (Lipinski definition) is 5. The van der Waals surface area contributed by atoms with Crippen LogP contribution in [0.15, 0.2) is 48.5 Å². The van der Waals surface area contributed by atoms with E-state index in [2.05, 4.69) is 27.7 Å². The summed E-state index contributed by atoms with van der Waals surface area (Å²) >= 11 is 0. The molecule has 1 heterocycles. The Hall–Kier alpha value is -3.42. The van der Waals surface area contributed by atoms with Crippen molar-refractivity contribution in [3.63, 3.8) is 0 Å². The van der Waals surface area contributed by atoms with Crippen LogP contribution in [0.4, 0.5) is 17.1 Å². The van der Waals surface area contributed by atoms with Crippen molar-refractivity contribution in [2.75, 3.05) is 29.9 Å². The molecule has 158 valence electrons. The van der Waals surface area contributed by atoms with Crippen LogP contribution in [0, 0.1) is 10.1 Å². The van der Waals surface area contributed by atoms with Crippen molar-refractivity contribution < 1.29 is 14.5 Å². The Labute approximate surface area is 175 Å². The van der Waals surface area contributed by atoms with Crippen LogP contribution in [-0.2, 0) is 16.0 Å². The Balaban J connectivity index is 1.47. The second-order valence-electron chi connectivity index (χ2n) is 7.30. The van der Waals surface area contributed by atoms with Gasteiger partial charge >= 0.3 is 11.8 Å². The summed E-state index contributed by atoms with van der Waals surface area (Å²) in [6, 6.07) is 14.0. The van der Waals surface area contributed by atoms with Gasteiger partial charge in [0.2, 0.25) is 0 Å². The summed E-state index contributed by atoms with van der Waals surface area (Å²) in [4.78, 5) is 36.8. The highest BCUT2D eigenvalue weighted by Crippen LogP contribution is 2.23. The molecule has 0 bridgehead atoms. The van der Waals surface area contributed by atoms with E-state index in [9.17, 15) is 19.7 Å². The highest BCUT2D eigenvalue weighted by molar-refractivity contribution is 6.39. The van der Waals surface area contributed by atoms with E-state index < -0.39 is 16.7 Å². The molecule has 0 aliphatic carbocycles. The summed E-state index contributed by atoms with van der Waals surface area (Å²) in [6.45, 7) is 2.47. The van der Waals surface area contributed by atoms with E-state index in [-0.39, 0.29) is 11.4 Å². The molecular formula is C22H26N4O4. The molecule has 0 saturated carbocycles. The van der Waals surface area contributed by atoms with Crippen LogP contribution in [0.25, 0.3) is 0 Å². The van der Waals surface area contributed by atoms with Crippen LogP contribution in [0.1, 0.15) is 31.2 Å². The van der Waals surface area contributed by atoms with E-state index in [1.54, 1.807) is 6.07 Å². The van der Waals surface area contributed by atoms with Crippen LogP contribution in [-0.4, -0.2) is 36.4 Å². The molecule has 0 spiro atoms. The number of benzene rings is 2. The van der Waals surface area contributed by atoms with E-state index in [1.807, 2.05) is 12.1 Å². The predicted octanol–water partition coefficient (Wildman–Crippen LogP) is 3.27. The molecule has 2 aromatic rings. The zero-order valence-corrected chi connectivity index (χ0v) is 16.8. The van der Waals surface area contributed by atoms with Crippen molar-refractivity contribution in [3.8, 4) is 0 Å². The number of rotatable bonds is 6. The molecule has 1 fully saturated rings. The fourth-order valence-corrected chi connectivity index (χ4v) is 3.52. The summed E-state index contributed by atoms with van der Waals surface area (Å²) in [7, 11) is 0. The van der Waals surface area contributed by atoms with Crippen molar-refractivity contribution in [2.24, 2.45) is 0 Å². The minimum Gasteiger partial charge on any atom is -0.372 e. The van der Waals surface area contributed by atoms with Crippen LogP contribution in [0.5, 0.6) is 0 Å². The number of anilines is 2. The van der Waals surface area contributed by atoms with Crippen LogP contribution in [0.2, 0.25) is 0 Å². The van der Waals surface area contributed by atoms with Gasteiger partial charge in [0, 0.05) is 31.4 Å². The molecule has 1 aliphatic heterocycles. The van der Waals surface area contributed by atoms with Gasteiger partial charge in [0.15, 0.2) is 0 Å². The zero-order valence-electron chi connectivity index (χ0n) is 16.8. The molecular weight excluding hydrogens is 384 g/mol. The van der Waals surface area contributed by atoms with Crippen molar-refractivity contribution in [1.29, 1.82) is 0 Å². The van der Waals surface area contributed by atoms with Gasteiger partial charge in [-0.25, -0.2) is 0 Å². The smallest absolute Gasteiger partial charge is 0.313 e. The van der Waals surface area contributed by atoms with E-state index in [1.165, 1.54) is 49.6 Å². The number of nitrogens with one attached hydrogen (secondary N) is 2. The highest BCUT2D eigenvalue weighted by atomic mass is 16.6. The van der Waals surface area contributed by atoms with E-state index in [0.717, 1.165) is 18.7 Å². The first-order chi connectivity index (χ1) is 14.5. The number of para-hydroxylation sites is 2. The summed E-state index contributed by atoms with van der Waals surface area (Å²) in [5, 5.41) is 15.8. The number of carbonyl (C=O) groups is 2. The summed E-state index contributed by atoms with van der Waals surface area (Å²) in [5.41, 5.74) is 2.01. The lowest BCUT2D eigenvalue weighted by Crippen LogP contribution is -2.36. The standard InChI is InChI=1S/C22H26N4O4/c27-21(22(28)24-19-7-3-4-8-20(19)26(29)30)23-14-13-17-9-11-18(12-10-17)25-15-5-1-2-6-16-25/h3-4,7-12H,1-2,5-6,13-16H2,(H,23,27)(H,24,28). The van der Waals surface area contributed by atoms with Crippen LogP contribution < -0.4 is 15.5 Å². The molecule has 2 N–H and O–H groups in total. The van der Waals surface area contributed by atoms with Crippen LogP contribution >= 0.6 is 0 Å². The molecule has 3 rings (SSSR count). The third kappa shape index (κ3) is 5.79. The maximum Gasteiger partial charge on any atom is 0.313 e. The highest BCUT2D eigenvalue weighted by Gasteiger charge is 2.19. The normalized spacial score (nSPS) is 13.9. The minimum absolute atomic E-state index is 0.00764. The number of nitro benzene ring substituents is 1. The first kappa shape index (κ1) is 21.3. The lowest BCUT2D eigenvalue weighted by atomic mass is 10.1. The molecule has 0 radical (unpaired) electrons. The van der Waals surface area contributed by atoms with Crippen molar-refractivity contribution in [3.05, 3.63) is 64.2 Å². The molecule has 0 unspecified atom stereocenters. The van der Waals surface area contributed by atoms with Crippen molar-refractivity contribution in [1.82, 2.24) is 5.32 Å². The Bertz CT molecular complexity index is 890. The Morgan fingerprint density at radius 2 is 1.60 bits per heavy atom. The van der Waals surface area contributed by atoms with Gasteiger partial charge in [-0.15, -0.1) is 0 Å². The molecule has 2 aromatic carbocycles. The number of carbonyl (C=O) groups excluding carboxylic acids is 2. The maximum atomic E-state index is 12.0. The molecule has 2 amide bonds. The third-order valence-corrected chi connectivity index (χ3v) is 5.16. The average molecular weight is 410 g/mol. The first-order valence-corrected chi connectivity index (χ1v) is 10.2. The molecule has 0 aromatic heterocycles. The number of hydrogen-bond donors (Lipinski definition) is 2. The molecule has 8 nitrogen and oxygen atoms in total. The lowest BCUT2D eigenvalue weighted by molar-refractivity contribution is -0.383. The fraction of sp³-hybridized carbons (Fsp3) is 0.364. The Morgan fingerprint density at radius 3 is 2.27 bits per heavy atom. The quantitative estimate of drug-likeness (QED) is 0.432. The fourth-order valence-electron chi connectivity index (χ4n) is 3.52. The molecule has 1 aliphatic rings. The summed E-state index contributed by atoms with van der Waals surface area (Å²) in [6.07, 6.45) is 5.62. The van der Waals surface area contributed by atoms with Gasteiger partial charge < -0.3 is 15.5 Å². The van der Waals surface area contributed by atoms with E-state index >= 15 is 0 Å². The first-order valence-electron chi connectivity index (χ1n) is 10.2. The summed E-state index contributed by atoms with van der Waals surface area (Å²) < 4.78 is 0. The molecule has 30 heavy (non-hydrogen) atoms. The molecule has 0 atom stereocenters. The number of nitrogens with zero attached hydrogens (tertiary/aromatic N) is 2. The molecule has 8 heteroatoms. The van der Waals surface area contributed by atoms with Crippen molar-refractivity contribution in [2.45, 2.75) is 32.1 Å². The summed E-state index contributed by atoms with van der Waals surface area (Å²) in [5.74, 6) is -1.75. The van der Waals surface area contributed by atoms with E-state index in [4.69, 9.17) is 0 Å². The van der Waals surface area contributed by atoms with Gasteiger partial charge in [0.1, 0.15) is 5.69 Å². The van der Waals surface area contributed by atoms with Gasteiger partial charge in [-0.05, 0) is 43.0 Å². The second kappa shape index (κ2) is 10.4. The van der Waals surface area contributed by atoms with Gasteiger partial charge in [0.05, 0.1) is 4.92 Å². The minimum atomic E-state index is -0.930. The van der Waals surface area contributed by atoms with Gasteiger partial charge in [0.25, 0.3) is 5.69 Å². The molecule has 1 saturated heterocycles. The zero-order chi connectivity index (χ0) is 21.3. The number of nitro groups is 1. The predicted molar refractivity (Wildman–Crippen MR) is 116 cm³/mol. The van der Waals surface area contributed by atoms with Gasteiger partial charge in [-0.1, -0.05) is 37.1 Å². The maximum absolute atomic E-state index is 12.0. The lowest BCUT2D eigenvalue weighted by Gasteiger charge is -2.22. The SMILES string of the molecule is O=C(NCCc1ccc(N2CCCCCC2)cc1)C(=O)Nc1ccccc1[N+](=O)[O-]. The Morgan fingerprint density at radius 1 is 0.933 bits per heavy atom. The Kier molecular flexibility index (Phi) is 7.37. The van der Waals surface area contributed by atoms with Crippen LogP contribution in [0.3, 0.4) is 0 Å². The van der Waals surface area contributed by atoms with Gasteiger partial charge in [-0.2, -0.15) is 0 Å².